The van der Waals surface area contributed by atoms with Gasteiger partial charge in [0.25, 0.3) is 5.91 Å². The van der Waals surface area contributed by atoms with E-state index in [1.165, 1.54) is 12.1 Å². The van der Waals surface area contributed by atoms with Gasteiger partial charge in [-0.05, 0) is 54.4 Å². The Kier molecular flexibility index (Phi) is 7.64. The van der Waals surface area contributed by atoms with E-state index in [1.807, 2.05) is 43.3 Å². The van der Waals surface area contributed by atoms with Crippen LogP contribution < -0.4 is 10.2 Å². The van der Waals surface area contributed by atoms with Crippen molar-refractivity contribution in [2.24, 2.45) is 0 Å². The molecule has 0 aliphatic carbocycles. The molecule has 37 heavy (non-hydrogen) atoms. The van der Waals surface area contributed by atoms with Crippen molar-refractivity contribution >= 4 is 44.6 Å². The van der Waals surface area contributed by atoms with Crippen LogP contribution in [0.25, 0.3) is 11.3 Å². The SMILES string of the molecule is Cc1onc(-c2c(Cl)cccc2Cl)c1C(=O)NC(c1ccc(S(C)(=O)=O)cc1)c1cccc(N(C)C)c1. The van der Waals surface area contributed by atoms with Crippen LogP contribution in [0.4, 0.5) is 5.69 Å². The highest BCUT2D eigenvalue weighted by atomic mass is 35.5. The topological polar surface area (TPSA) is 92.5 Å². The molecule has 1 amide bonds. The van der Waals surface area contributed by atoms with Crippen molar-refractivity contribution < 1.29 is 17.7 Å². The second kappa shape index (κ2) is 10.6. The molecule has 7 nitrogen and oxygen atoms in total. The maximum Gasteiger partial charge on any atom is 0.257 e. The molecule has 0 bridgehead atoms. The summed E-state index contributed by atoms with van der Waals surface area (Å²) in [6, 6.07) is 18.6. The lowest BCUT2D eigenvalue weighted by Crippen LogP contribution is -2.30. The Morgan fingerprint density at radius 2 is 1.59 bits per heavy atom. The van der Waals surface area contributed by atoms with E-state index in [-0.39, 0.29) is 16.2 Å². The van der Waals surface area contributed by atoms with Gasteiger partial charge >= 0.3 is 0 Å². The van der Waals surface area contributed by atoms with E-state index < -0.39 is 21.8 Å². The van der Waals surface area contributed by atoms with Crippen LogP contribution >= 0.6 is 23.2 Å². The number of aryl methyl sites for hydroxylation is 1. The molecule has 4 aromatic rings. The summed E-state index contributed by atoms with van der Waals surface area (Å²) in [6.45, 7) is 1.64. The molecule has 3 aromatic carbocycles. The highest BCUT2D eigenvalue weighted by Crippen LogP contribution is 2.37. The summed E-state index contributed by atoms with van der Waals surface area (Å²) in [5.41, 5.74) is 3.28. The second-order valence-electron chi connectivity index (χ2n) is 8.80. The van der Waals surface area contributed by atoms with Gasteiger partial charge in [-0.1, -0.05) is 58.7 Å². The Morgan fingerprint density at radius 3 is 2.19 bits per heavy atom. The van der Waals surface area contributed by atoms with Gasteiger partial charge < -0.3 is 14.7 Å². The van der Waals surface area contributed by atoms with Gasteiger partial charge in [-0.3, -0.25) is 4.79 Å². The molecule has 0 saturated carbocycles. The zero-order valence-electron chi connectivity index (χ0n) is 20.6. The lowest BCUT2D eigenvalue weighted by Gasteiger charge is -2.22. The number of nitrogens with one attached hydrogen (secondary N) is 1. The van der Waals surface area contributed by atoms with E-state index >= 15 is 0 Å². The molecule has 1 atom stereocenters. The highest BCUT2D eigenvalue weighted by molar-refractivity contribution is 7.90. The van der Waals surface area contributed by atoms with Gasteiger partial charge in [0.15, 0.2) is 9.84 Å². The number of rotatable bonds is 7. The third kappa shape index (κ3) is 5.66. The van der Waals surface area contributed by atoms with Crippen molar-refractivity contribution in [3.05, 3.63) is 99.2 Å². The van der Waals surface area contributed by atoms with E-state index in [1.54, 1.807) is 37.3 Å². The Labute approximate surface area is 225 Å². The number of halogens is 2. The Bertz CT molecular complexity index is 1540. The maximum absolute atomic E-state index is 13.7. The number of aromatic nitrogens is 1. The Morgan fingerprint density at radius 1 is 0.973 bits per heavy atom. The van der Waals surface area contributed by atoms with Crippen molar-refractivity contribution in [1.82, 2.24) is 10.5 Å². The molecule has 1 unspecified atom stereocenters. The molecule has 10 heteroatoms. The number of carbonyl (C=O) groups excluding carboxylic acids is 1. The molecule has 0 aliphatic heterocycles. The summed E-state index contributed by atoms with van der Waals surface area (Å²) < 4.78 is 29.4. The number of hydrogen-bond acceptors (Lipinski definition) is 6. The molecule has 0 spiro atoms. The van der Waals surface area contributed by atoms with Crippen molar-refractivity contribution in [3.8, 4) is 11.3 Å². The van der Waals surface area contributed by atoms with Crippen LogP contribution in [0.15, 0.2) is 76.1 Å². The molecule has 1 aromatic heterocycles. The number of hydrogen-bond donors (Lipinski definition) is 1. The zero-order chi connectivity index (χ0) is 26.9. The van der Waals surface area contributed by atoms with Crippen molar-refractivity contribution in [1.29, 1.82) is 0 Å². The Balaban J connectivity index is 1.80. The molecular formula is C27H25Cl2N3O4S. The number of anilines is 1. The van der Waals surface area contributed by atoms with Gasteiger partial charge in [0, 0.05) is 31.6 Å². The second-order valence-corrected chi connectivity index (χ2v) is 11.6. The number of benzene rings is 3. The average molecular weight is 558 g/mol. The smallest absolute Gasteiger partial charge is 0.257 e. The van der Waals surface area contributed by atoms with Gasteiger partial charge in [0.1, 0.15) is 17.0 Å². The molecule has 4 rings (SSSR count). The van der Waals surface area contributed by atoms with Crippen molar-refractivity contribution in [2.75, 3.05) is 25.3 Å². The molecule has 0 fully saturated rings. The lowest BCUT2D eigenvalue weighted by atomic mass is 9.97. The first kappa shape index (κ1) is 26.7. The van der Waals surface area contributed by atoms with Crippen LogP contribution in [-0.2, 0) is 9.84 Å². The predicted molar refractivity (Wildman–Crippen MR) is 146 cm³/mol. The number of sulfone groups is 1. The van der Waals surface area contributed by atoms with E-state index in [0.717, 1.165) is 17.5 Å². The first-order chi connectivity index (χ1) is 17.5. The molecular weight excluding hydrogens is 533 g/mol. The molecule has 1 heterocycles. The fraction of sp³-hybridized carbons (Fsp3) is 0.185. The van der Waals surface area contributed by atoms with Gasteiger partial charge in [0.2, 0.25) is 0 Å². The third-order valence-electron chi connectivity index (χ3n) is 5.93. The van der Waals surface area contributed by atoms with Crippen LogP contribution in [0, 0.1) is 6.92 Å². The normalized spacial score (nSPS) is 12.3. The fourth-order valence-corrected chi connectivity index (χ4v) is 5.19. The quantitative estimate of drug-likeness (QED) is 0.302. The third-order valence-corrected chi connectivity index (χ3v) is 7.68. The molecule has 0 aliphatic rings. The van der Waals surface area contributed by atoms with Crippen LogP contribution in [-0.4, -0.2) is 39.8 Å². The van der Waals surface area contributed by atoms with Crippen LogP contribution in [0.2, 0.25) is 10.0 Å². The number of amides is 1. The summed E-state index contributed by atoms with van der Waals surface area (Å²) in [5.74, 6) is -0.145. The first-order valence-electron chi connectivity index (χ1n) is 11.3. The maximum atomic E-state index is 13.7. The summed E-state index contributed by atoms with van der Waals surface area (Å²) >= 11 is 12.8. The van der Waals surface area contributed by atoms with Gasteiger partial charge in [-0.15, -0.1) is 0 Å². The first-order valence-corrected chi connectivity index (χ1v) is 13.9. The fourth-order valence-electron chi connectivity index (χ4n) is 3.99. The molecule has 192 valence electrons. The minimum Gasteiger partial charge on any atom is -0.378 e. The monoisotopic (exact) mass is 557 g/mol. The predicted octanol–water partition coefficient (Wildman–Crippen LogP) is 5.95. The van der Waals surface area contributed by atoms with E-state index in [0.29, 0.717) is 26.9 Å². The molecule has 0 saturated heterocycles. The van der Waals surface area contributed by atoms with Crippen LogP contribution in [0.5, 0.6) is 0 Å². The van der Waals surface area contributed by atoms with Crippen molar-refractivity contribution in [2.45, 2.75) is 17.9 Å². The number of carbonyl (C=O) groups is 1. The Hall–Kier alpha value is -3.33. The lowest BCUT2D eigenvalue weighted by molar-refractivity contribution is 0.0942. The van der Waals surface area contributed by atoms with E-state index in [9.17, 15) is 13.2 Å². The van der Waals surface area contributed by atoms with E-state index in [4.69, 9.17) is 27.7 Å². The summed E-state index contributed by atoms with van der Waals surface area (Å²) in [7, 11) is 0.473. The number of nitrogens with zero attached hydrogens (tertiary/aromatic N) is 2. The van der Waals surface area contributed by atoms with E-state index in [2.05, 4.69) is 10.5 Å². The van der Waals surface area contributed by atoms with Gasteiger partial charge in [-0.2, -0.15) is 0 Å². The van der Waals surface area contributed by atoms with Crippen LogP contribution in [0.1, 0.15) is 33.3 Å². The highest BCUT2D eigenvalue weighted by Gasteiger charge is 2.27. The van der Waals surface area contributed by atoms with Crippen LogP contribution in [0.3, 0.4) is 0 Å². The van der Waals surface area contributed by atoms with Gasteiger partial charge in [-0.25, -0.2) is 8.42 Å². The molecule has 1 N–H and O–H groups in total. The molecule has 0 radical (unpaired) electrons. The summed E-state index contributed by atoms with van der Waals surface area (Å²) in [4.78, 5) is 15.9. The minimum atomic E-state index is -3.38. The van der Waals surface area contributed by atoms with Crippen molar-refractivity contribution in [3.63, 3.8) is 0 Å². The summed E-state index contributed by atoms with van der Waals surface area (Å²) in [5, 5.41) is 7.82. The summed E-state index contributed by atoms with van der Waals surface area (Å²) in [6.07, 6.45) is 1.15. The zero-order valence-corrected chi connectivity index (χ0v) is 22.9. The van der Waals surface area contributed by atoms with Gasteiger partial charge in [0.05, 0.1) is 21.0 Å². The average Bonchev–Trinajstić information content (AvgIpc) is 3.23. The standard InChI is InChI=1S/C27H25Cl2N3O4S/c1-16-23(26(31-36-16)24-21(28)9-6-10-22(24)29)27(33)30-25(18-7-5-8-19(15-18)32(2)3)17-11-13-20(14-12-17)37(4,34)35/h5-15,25H,1-4H3,(H,30,33). The minimum absolute atomic E-state index is 0.189. The largest absolute Gasteiger partial charge is 0.378 e.